The maximum absolute atomic E-state index is 14.1. The highest BCUT2D eigenvalue weighted by Gasteiger charge is 2.36. The first-order chi connectivity index (χ1) is 28.4. The van der Waals surface area contributed by atoms with Crippen LogP contribution in [0.5, 0.6) is 0 Å². The van der Waals surface area contributed by atoms with Gasteiger partial charge in [-0.1, -0.05) is 79.2 Å². The van der Waals surface area contributed by atoms with Crippen molar-refractivity contribution in [3.8, 4) is 0 Å². The van der Waals surface area contributed by atoms with Gasteiger partial charge in [0.05, 0.1) is 28.6 Å². The monoisotopic (exact) mass is 857 g/mol. The average molecular weight is 858 g/mol. The Balaban J connectivity index is 1.73. The maximum Gasteiger partial charge on any atom is 0.290 e. The van der Waals surface area contributed by atoms with Crippen molar-refractivity contribution >= 4 is 56.9 Å². The maximum atomic E-state index is 14.1. The number of ketones is 1. The molecule has 21 heteroatoms. The largest absolute Gasteiger partial charge is 0.344 e. The van der Waals surface area contributed by atoms with E-state index in [1.165, 1.54) is 25.5 Å². The highest BCUT2D eigenvalue weighted by Crippen LogP contribution is 2.28. The first-order valence-corrected chi connectivity index (χ1v) is 21.4. The molecule has 1 unspecified atom stereocenters. The van der Waals surface area contributed by atoms with E-state index in [0.29, 0.717) is 6.42 Å². The van der Waals surface area contributed by atoms with Gasteiger partial charge in [0.15, 0.2) is 0 Å². The number of nitrogens with one attached hydrogen (secondary N) is 6. The summed E-state index contributed by atoms with van der Waals surface area (Å²) in [5.74, 6) is -6.77. The molecule has 60 heavy (non-hydrogen) atoms. The van der Waals surface area contributed by atoms with Gasteiger partial charge in [-0.2, -0.15) is 0 Å². The van der Waals surface area contributed by atoms with Crippen LogP contribution >= 0.6 is 0 Å². The van der Waals surface area contributed by atoms with Gasteiger partial charge >= 0.3 is 0 Å². The van der Waals surface area contributed by atoms with Gasteiger partial charge in [-0.25, -0.2) is 18.1 Å². The molecule has 6 N–H and O–H groups in total. The molecular formula is C39H55N9O11S. The molecule has 328 valence electrons. The minimum absolute atomic E-state index is 0.00426. The van der Waals surface area contributed by atoms with Crippen molar-refractivity contribution in [2.24, 2.45) is 17.8 Å². The number of nitrogens with zero attached hydrogens (tertiary/aromatic N) is 3. The van der Waals surface area contributed by atoms with Crippen molar-refractivity contribution in [3.63, 3.8) is 0 Å². The average Bonchev–Trinajstić information content (AvgIpc) is 3.22. The van der Waals surface area contributed by atoms with Gasteiger partial charge in [-0.05, 0) is 43.1 Å². The van der Waals surface area contributed by atoms with Crippen LogP contribution in [0.4, 0.5) is 5.69 Å². The fourth-order valence-corrected chi connectivity index (χ4v) is 7.62. The van der Waals surface area contributed by atoms with Crippen LogP contribution < -0.4 is 31.3 Å². The van der Waals surface area contributed by atoms with Crippen molar-refractivity contribution in [2.45, 2.75) is 121 Å². The van der Waals surface area contributed by atoms with Gasteiger partial charge in [-0.3, -0.25) is 48.7 Å². The Labute approximate surface area is 348 Å². The summed E-state index contributed by atoms with van der Waals surface area (Å²) >= 11 is 0. The zero-order valence-electron chi connectivity index (χ0n) is 34.4. The molecule has 3 rings (SSSR count). The molecule has 1 heterocycles. The summed E-state index contributed by atoms with van der Waals surface area (Å²) in [5, 5.41) is 23.9. The van der Waals surface area contributed by atoms with E-state index in [4.69, 9.17) is 0 Å². The Kier molecular flexibility index (Phi) is 18.6. The van der Waals surface area contributed by atoms with Gasteiger partial charge in [-0.15, -0.1) is 0 Å². The van der Waals surface area contributed by atoms with Crippen LogP contribution in [0.3, 0.4) is 0 Å². The number of aromatic nitrogens is 2. The lowest BCUT2D eigenvalue weighted by Gasteiger charge is -2.31. The van der Waals surface area contributed by atoms with E-state index in [2.05, 4.69) is 31.2 Å². The lowest BCUT2D eigenvalue weighted by Crippen LogP contribution is -2.60. The second-order valence-electron chi connectivity index (χ2n) is 15.2. The summed E-state index contributed by atoms with van der Waals surface area (Å²) in [7, 11) is -4.57. The van der Waals surface area contributed by atoms with Crippen LogP contribution in [0.1, 0.15) is 103 Å². The van der Waals surface area contributed by atoms with E-state index < -0.39 is 103 Å². The van der Waals surface area contributed by atoms with Gasteiger partial charge in [0.2, 0.25) is 23.5 Å². The Morgan fingerprint density at radius 2 is 1.52 bits per heavy atom. The normalized spacial score (nSPS) is 15.6. The molecule has 0 bridgehead atoms. The first-order valence-electron chi connectivity index (χ1n) is 20.0. The van der Waals surface area contributed by atoms with Crippen LogP contribution in [0, 0.1) is 27.9 Å². The zero-order valence-corrected chi connectivity index (χ0v) is 35.2. The number of nitro benzene ring substituents is 1. The molecule has 5 atom stereocenters. The molecule has 1 aromatic heterocycles. The molecule has 0 spiro atoms. The fourth-order valence-electron chi connectivity index (χ4n) is 6.60. The number of amides is 6. The lowest BCUT2D eigenvalue weighted by molar-refractivity contribution is -0.385. The summed E-state index contributed by atoms with van der Waals surface area (Å²) < 4.78 is 26.9. The summed E-state index contributed by atoms with van der Waals surface area (Å²) in [4.78, 5) is 111. The Hall–Kier alpha value is -5.86. The predicted octanol–water partition coefficient (Wildman–Crippen LogP) is 1.60. The molecule has 0 radical (unpaired) electrons. The number of Topliss-reactive ketones (excluding diaryl/α,β-unsaturated/α-hetero) is 1. The van der Waals surface area contributed by atoms with Gasteiger partial charge < -0.3 is 26.6 Å². The van der Waals surface area contributed by atoms with Gasteiger partial charge in [0.1, 0.15) is 23.8 Å². The van der Waals surface area contributed by atoms with E-state index in [1.54, 1.807) is 11.6 Å². The summed E-state index contributed by atoms with van der Waals surface area (Å²) in [6.45, 7) is 7.88. The number of non-ortho nitro benzene ring substituents is 1. The Bertz CT molecular complexity index is 1980. The highest BCUT2D eigenvalue weighted by atomic mass is 32.2. The third-order valence-corrected chi connectivity index (χ3v) is 11.5. The molecule has 0 aliphatic heterocycles. The molecule has 1 aliphatic rings. The second-order valence-corrected chi connectivity index (χ2v) is 16.9. The van der Waals surface area contributed by atoms with Gasteiger partial charge in [0, 0.05) is 24.5 Å². The number of hydrogen-bond donors (Lipinski definition) is 6. The van der Waals surface area contributed by atoms with Crippen molar-refractivity contribution in [1.82, 2.24) is 41.3 Å². The third-order valence-electron chi connectivity index (χ3n) is 10.1. The molecule has 1 fully saturated rings. The minimum atomic E-state index is -4.57. The molecule has 1 aromatic carbocycles. The fraction of sp³-hybridized carbons (Fsp3) is 0.564. The number of nitro groups is 1. The van der Waals surface area contributed by atoms with Crippen LogP contribution in [0.2, 0.25) is 0 Å². The number of rotatable bonds is 22. The standard InChI is InChI=1S/C39H55N9O11S/c1-6-24(5)33(46-36(52)29(18-23(3)4)44-37(53)31-21-40-16-17-41-31)38(54)45-30(19-25-12-9-8-10-13-25)35(51)43-28(7-2)34(50)39(55)42-22-32(49)47-60(58,59)27-15-11-14-26(20-27)48(56)57/h11,14-17,20-21,23-25,28-30,33H,6-10,12-13,18-19,22H2,1-5H3,(H,42,55)(H,43,51)(H,44,53)(H,45,54)(H,46,52)(H,47,49)/t24-,28-,29-,30-,33?/m0/s1. The van der Waals surface area contributed by atoms with E-state index >= 15 is 0 Å². The van der Waals surface area contributed by atoms with Crippen LogP contribution in [-0.2, 0) is 38.8 Å². The van der Waals surface area contributed by atoms with Crippen LogP contribution in [0.15, 0.2) is 47.8 Å². The van der Waals surface area contributed by atoms with E-state index in [1.807, 2.05) is 26.1 Å². The SMILES string of the molecule is CC[C@H](NC(=O)[C@H](CC1CCCCC1)NC(=O)C(NC(=O)[C@H](CC(C)C)NC(=O)c1cnccn1)[C@@H](C)CC)C(=O)C(=O)NCC(=O)NS(=O)(=O)c1cccc([N+](=O)[O-])c1. The number of benzene rings is 1. The Morgan fingerprint density at radius 1 is 0.850 bits per heavy atom. The summed E-state index contributed by atoms with van der Waals surface area (Å²) in [5.41, 5.74) is -0.530. The molecule has 20 nitrogen and oxygen atoms in total. The second kappa shape index (κ2) is 23.1. The molecule has 2 aromatic rings. The third kappa shape index (κ3) is 14.8. The number of carbonyl (C=O) groups is 7. The van der Waals surface area contributed by atoms with Crippen molar-refractivity contribution in [1.29, 1.82) is 0 Å². The minimum Gasteiger partial charge on any atom is -0.344 e. The van der Waals surface area contributed by atoms with E-state index in [-0.39, 0.29) is 36.8 Å². The molecule has 1 saturated carbocycles. The predicted molar refractivity (Wildman–Crippen MR) is 216 cm³/mol. The topological polar surface area (TPSA) is 295 Å². The smallest absolute Gasteiger partial charge is 0.290 e. The number of carbonyl (C=O) groups excluding carboxylic acids is 7. The molecule has 0 saturated heterocycles. The lowest BCUT2D eigenvalue weighted by atomic mass is 9.84. The van der Waals surface area contributed by atoms with Crippen molar-refractivity contribution in [3.05, 3.63) is 58.7 Å². The molecule has 1 aliphatic carbocycles. The van der Waals surface area contributed by atoms with Crippen LogP contribution in [-0.4, -0.2) is 95.2 Å². The number of hydrogen-bond acceptors (Lipinski definition) is 13. The van der Waals surface area contributed by atoms with Crippen molar-refractivity contribution < 1.29 is 46.9 Å². The molecule has 6 amide bonds. The highest BCUT2D eigenvalue weighted by molar-refractivity contribution is 7.90. The molecular weight excluding hydrogens is 803 g/mol. The van der Waals surface area contributed by atoms with Gasteiger partial charge in [0.25, 0.3) is 33.4 Å². The van der Waals surface area contributed by atoms with E-state index in [0.717, 1.165) is 56.4 Å². The summed E-state index contributed by atoms with van der Waals surface area (Å²) in [6, 6.07) is -0.811. The summed E-state index contributed by atoms with van der Waals surface area (Å²) in [6.07, 6.45) is 9.30. The van der Waals surface area contributed by atoms with E-state index in [9.17, 15) is 52.1 Å². The van der Waals surface area contributed by atoms with Crippen LogP contribution in [0.25, 0.3) is 0 Å². The quantitative estimate of drug-likeness (QED) is 0.0558. The number of sulfonamides is 1. The Morgan fingerprint density at radius 3 is 2.12 bits per heavy atom. The van der Waals surface area contributed by atoms with Crippen molar-refractivity contribution in [2.75, 3.05) is 6.54 Å². The zero-order chi connectivity index (χ0) is 44.6. The first kappa shape index (κ1) is 48.5.